The van der Waals surface area contributed by atoms with Gasteiger partial charge in [-0.25, -0.2) is 0 Å². The molecule has 1 saturated heterocycles. The second-order valence-corrected chi connectivity index (χ2v) is 7.88. The van der Waals surface area contributed by atoms with E-state index in [2.05, 4.69) is 10.6 Å². The Morgan fingerprint density at radius 2 is 1.64 bits per heavy atom. The summed E-state index contributed by atoms with van der Waals surface area (Å²) in [5.74, 6) is -0.347. The number of ether oxygens (including phenoxy) is 1. The molecule has 168 valence electrons. The van der Waals surface area contributed by atoms with Gasteiger partial charge in [0.05, 0.1) is 18.7 Å². The number of carbonyl (C=O) groups is 3. The molecule has 3 aromatic rings. The lowest BCUT2D eigenvalue weighted by atomic mass is 10.1. The Balaban J connectivity index is 1.33. The highest BCUT2D eigenvalue weighted by Crippen LogP contribution is 2.25. The molecule has 0 aromatic heterocycles. The molecular weight excluding hydrogens is 418 g/mol. The molecule has 0 spiro atoms. The number of nitrogens with zero attached hydrogens (tertiary/aromatic N) is 1. The predicted octanol–water partition coefficient (Wildman–Crippen LogP) is 3.93. The number of likely N-dealkylation sites (tertiary alicyclic amines) is 1. The highest BCUT2D eigenvalue weighted by atomic mass is 16.5. The van der Waals surface area contributed by atoms with Crippen molar-refractivity contribution in [2.75, 3.05) is 24.3 Å². The Hall–Kier alpha value is -4.13. The Labute approximate surface area is 192 Å². The van der Waals surface area contributed by atoms with Gasteiger partial charge >= 0.3 is 0 Å². The molecule has 0 saturated carbocycles. The minimum absolute atomic E-state index is 0.0256. The Bertz CT molecular complexity index is 1150. The lowest BCUT2D eigenvalue weighted by Gasteiger charge is -2.16. The van der Waals surface area contributed by atoms with E-state index in [1.807, 2.05) is 42.5 Å². The summed E-state index contributed by atoms with van der Waals surface area (Å²) in [6.45, 7) is 0.887. The Morgan fingerprint density at radius 1 is 0.939 bits per heavy atom. The number of para-hydroxylation sites is 2. The van der Waals surface area contributed by atoms with Crippen LogP contribution in [0.3, 0.4) is 0 Å². The molecule has 7 heteroatoms. The zero-order chi connectivity index (χ0) is 23.2. The average Bonchev–Trinajstić information content (AvgIpc) is 3.20. The first-order chi connectivity index (χ1) is 16.0. The van der Waals surface area contributed by atoms with E-state index in [0.29, 0.717) is 35.8 Å². The smallest absolute Gasteiger partial charge is 0.255 e. The van der Waals surface area contributed by atoms with E-state index in [1.165, 1.54) is 0 Å². The molecule has 3 aromatic carbocycles. The van der Waals surface area contributed by atoms with Gasteiger partial charge in [-0.3, -0.25) is 14.4 Å². The van der Waals surface area contributed by atoms with Gasteiger partial charge in [-0.05, 0) is 42.0 Å². The van der Waals surface area contributed by atoms with Crippen LogP contribution >= 0.6 is 0 Å². The average molecular weight is 444 g/mol. The number of benzene rings is 3. The van der Waals surface area contributed by atoms with Crippen molar-refractivity contribution in [2.24, 2.45) is 5.92 Å². The van der Waals surface area contributed by atoms with E-state index in [-0.39, 0.29) is 24.1 Å². The monoisotopic (exact) mass is 443 g/mol. The van der Waals surface area contributed by atoms with Crippen molar-refractivity contribution >= 4 is 29.1 Å². The van der Waals surface area contributed by atoms with Crippen molar-refractivity contribution in [3.8, 4) is 5.75 Å². The predicted molar refractivity (Wildman–Crippen MR) is 126 cm³/mol. The molecule has 1 aliphatic heterocycles. The minimum atomic E-state index is -0.408. The number of amides is 3. The zero-order valence-corrected chi connectivity index (χ0v) is 18.3. The number of anilines is 2. The third-order valence-corrected chi connectivity index (χ3v) is 5.57. The van der Waals surface area contributed by atoms with Gasteiger partial charge in [0.2, 0.25) is 11.8 Å². The van der Waals surface area contributed by atoms with Gasteiger partial charge in [0.1, 0.15) is 5.75 Å². The normalized spacial score (nSPS) is 15.2. The summed E-state index contributed by atoms with van der Waals surface area (Å²) in [5, 5.41) is 5.67. The van der Waals surface area contributed by atoms with Crippen molar-refractivity contribution in [3.63, 3.8) is 0 Å². The van der Waals surface area contributed by atoms with Crippen molar-refractivity contribution in [1.82, 2.24) is 4.90 Å². The van der Waals surface area contributed by atoms with Crippen LogP contribution < -0.4 is 15.4 Å². The second-order valence-electron chi connectivity index (χ2n) is 7.88. The van der Waals surface area contributed by atoms with Gasteiger partial charge in [0, 0.05) is 30.8 Å². The number of hydrogen-bond donors (Lipinski definition) is 2. The van der Waals surface area contributed by atoms with E-state index in [4.69, 9.17) is 4.74 Å². The molecule has 1 fully saturated rings. The van der Waals surface area contributed by atoms with Crippen LogP contribution in [0.4, 0.5) is 11.4 Å². The topological polar surface area (TPSA) is 87.7 Å². The summed E-state index contributed by atoms with van der Waals surface area (Å²) in [4.78, 5) is 39.3. The lowest BCUT2D eigenvalue weighted by molar-refractivity contribution is -0.128. The van der Waals surface area contributed by atoms with E-state index in [0.717, 1.165) is 5.56 Å². The van der Waals surface area contributed by atoms with Crippen LogP contribution in [0.25, 0.3) is 0 Å². The summed E-state index contributed by atoms with van der Waals surface area (Å²) in [5.41, 5.74) is 2.63. The third-order valence-electron chi connectivity index (χ3n) is 5.57. The zero-order valence-electron chi connectivity index (χ0n) is 18.3. The summed E-state index contributed by atoms with van der Waals surface area (Å²) >= 11 is 0. The molecule has 1 aliphatic rings. The maximum absolute atomic E-state index is 12.7. The fraction of sp³-hybridized carbons (Fsp3) is 0.192. The molecule has 1 heterocycles. The van der Waals surface area contributed by atoms with Gasteiger partial charge in [-0.15, -0.1) is 0 Å². The van der Waals surface area contributed by atoms with E-state index >= 15 is 0 Å². The van der Waals surface area contributed by atoms with Crippen LogP contribution in [-0.2, 0) is 16.1 Å². The Kier molecular flexibility index (Phi) is 6.69. The van der Waals surface area contributed by atoms with Crippen LogP contribution in [0.15, 0.2) is 78.9 Å². The third kappa shape index (κ3) is 5.38. The summed E-state index contributed by atoms with van der Waals surface area (Å²) in [6, 6.07) is 23.5. The van der Waals surface area contributed by atoms with E-state index < -0.39 is 5.92 Å². The summed E-state index contributed by atoms with van der Waals surface area (Å²) in [7, 11) is 1.54. The first-order valence-corrected chi connectivity index (χ1v) is 10.7. The van der Waals surface area contributed by atoms with Crippen LogP contribution in [0.5, 0.6) is 5.75 Å². The SMILES string of the molecule is COc1ccccc1NC(=O)c1ccc(NC(=O)[C@@H]2CC(=O)N(Cc3ccccc3)C2)cc1. The van der Waals surface area contributed by atoms with Gasteiger partial charge in [-0.2, -0.15) is 0 Å². The van der Waals surface area contributed by atoms with Crippen LogP contribution in [-0.4, -0.2) is 36.3 Å². The van der Waals surface area contributed by atoms with Crippen LogP contribution in [0.1, 0.15) is 22.3 Å². The first-order valence-electron chi connectivity index (χ1n) is 10.7. The molecule has 4 rings (SSSR count). The highest BCUT2D eigenvalue weighted by molar-refractivity contribution is 6.05. The maximum atomic E-state index is 12.7. The number of methoxy groups -OCH3 is 1. The van der Waals surface area contributed by atoms with Crippen molar-refractivity contribution < 1.29 is 19.1 Å². The summed E-state index contributed by atoms with van der Waals surface area (Å²) in [6.07, 6.45) is 0.193. The van der Waals surface area contributed by atoms with E-state index in [1.54, 1.807) is 48.4 Å². The molecule has 1 atom stereocenters. The fourth-order valence-corrected chi connectivity index (χ4v) is 3.80. The number of rotatable bonds is 7. The molecule has 7 nitrogen and oxygen atoms in total. The number of carbonyl (C=O) groups excluding carboxylic acids is 3. The number of nitrogens with one attached hydrogen (secondary N) is 2. The molecule has 0 aliphatic carbocycles. The summed E-state index contributed by atoms with van der Waals surface area (Å²) < 4.78 is 5.25. The van der Waals surface area contributed by atoms with Crippen molar-refractivity contribution in [1.29, 1.82) is 0 Å². The minimum Gasteiger partial charge on any atom is -0.495 e. The molecule has 0 unspecified atom stereocenters. The van der Waals surface area contributed by atoms with Gasteiger partial charge in [-0.1, -0.05) is 42.5 Å². The molecular formula is C26H25N3O4. The van der Waals surface area contributed by atoms with Crippen LogP contribution in [0.2, 0.25) is 0 Å². The standard InChI is InChI=1S/C26H25N3O4/c1-33-23-10-6-5-9-22(23)28-25(31)19-11-13-21(14-12-19)27-26(32)20-15-24(30)29(17-20)16-18-7-3-2-4-8-18/h2-14,20H,15-17H2,1H3,(H,27,32)(H,28,31)/t20-/m1/s1. The van der Waals surface area contributed by atoms with Crippen LogP contribution in [0, 0.1) is 5.92 Å². The second kappa shape index (κ2) is 9.99. The fourth-order valence-electron chi connectivity index (χ4n) is 3.80. The van der Waals surface area contributed by atoms with E-state index in [9.17, 15) is 14.4 Å². The number of hydrogen-bond acceptors (Lipinski definition) is 4. The Morgan fingerprint density at radius 3 is 2.36 bits per heavy atom. The lowest BCUT2D eigenvalue weighted by Crippen LogP contribution is -2.28. The molecule has 2 N–H and O–H groups in total. The largest absolute Gasteiger partial charge is 0.495 e. The van der Waals surface area contributed by atoms with Gasteiger partial charge in [0.15, 0.2) is 0 Å². The van der Waals surface area contributed by atoms with Gasteiger partial charge < -0.3 is 20.3 Å². The van der Waals surface area contributed by atoms with Crippen molar-refractivity contribution in [3.05, 3.63) is 90.0 Å². The van der Waals surface area contributed by atoms with Crippen molar-refractivity contribution in [2.45, 2.75) is 13.0 Å². The molecule has 0 radical (unpaired) electrons. The van der Waals surface area contributed by atoms with Gasteiger partial charge in [0.25, 0.3) is 5.91 Å². The first kappa shape index (κ1) is 22.1. The maximum Gasteiger partial charge on any atom is 0.255 e. The molecule has 0 bridgehead atoms. The quantitative estimate of drug-likeness (QED) is 0.579. The highest BCUT2D eigenvalue weighted by Gasteiger charge is 2.34. The molecule has 3 amide bonds. The molecule has 33 heavy (non-hydrogen) atoms.